The fourth-order valence-corrected chi connectivity index (χ4v) is 1.75. The van der Waals surface area contributed by atoms with Crippen LogP contribution in [-0.2, 0) is 0 Å². The van der Waals surface area contributed by atoms with Gasteiger partial charge in [-0.15, -0.1) is 0 Å². The number of hydrogen-bond acceptors (Lipinski definition) is 4. The highest BCUT2D eigenvalue weighted by Gasteiger charge is 2.08. The van der Waals surface area contributed by atoms with Crippen LogP contribution in [0.3, 0.4) is 0 Å². The molecule has 0 saturated carbocycles. The molecule has 0 bridgehead atoms. The number of anilines is 1. The van der Waals surface area contributed by atoms with E-state index < -0.39 is 0 Å². The molecule has 0 aromatic carbocycles. The molecule has 0 atom stereocenters. The van der Waals surface area contributed by atoms with Crippen molar-refractivity contribution in [3.8, 4) is 11.5 Å². The summed E-state index contributed by atoms with van der Waals surface area (Å²) in [5.74, 6) is 1.55. The Morgan fingerprint density at radius 1 is 1.30 bits per heavy atom. The third-order valence-electron chi connectivity index (χ3n) is 2.37. The molecular formula is C13H13BrN4O2. The molecule has 0 fully saturated rings. The Balaban J connectivity index is 2.22. The van der Waals surface area contributed by atoms with E-state index in [1.165, 1.54) is 7.05 Å². The van der Waals surface area contributed by atoms with Gasteiger partial charge in [0.2, 0.25) is 0 Å². The predicted molar refractivity (Wildman–Crippen MR) is 79.1 cm³/mol. The maximum absolute atomic E-state index is 11.3. The van der Waals surface area contributed by atoms with E-state index in [1.807, 2.05) is 13.0 Å². The van der Waals surface area contributed by atoms with Gasteiger partial charge >= 0.3 is 6.03 Å². The highest BCUT2D eigenvalue weighted by molar-refractivity contribution is 9.10. The Labute approximate surface area is 124 Å². The number of aromatic nitrogens is 2. The zero-order valence-electron chi connectivity index (χ0n) is 11.0. The van der Waals surface area contributed by atoms with Gasteiger partial charge in [-0.3, -0.25) is 10.3 Å². The van der Waals surface area contributed by atoms with E-state index in [-0.39, 0.29) is 6.03 Å². The van der Waals surface area contributed by atoms with Gasteiger partial charge in [0.25, 0.3) is 0 Å². The van der Waals surface area contributed by atoms with Crippen molar-refractivity contribution in [2.45, 2.75) is 6.92 Å². The number of nitrogens with zero attached hydrogens (tertiary/aromatic N) is 2. The summed E-state index contributed by atoms with van der Waals surface area (Å²) in [5.41, 5.74) is 0.997. The molecule has 0 unspecified atom stereocenters. The van der Waals surface area contributed by atoms with Gasteiger partial charge in [0.05, 0.1) is 10.7 Å². The molecule has 2 heterocycles. The fourth-order valence-electron chi connectivity index (χ4n) is 1.46. The zero-order chi connectivity index (χ0) is 14.5. The Morgan fingerprint density at radius 3 is 2.80 bits per heavy atom. The van der Waals surface area contributed by atoms with E-state index in [1.54, 1.807) is 24.7 Å². The minimum Gasteiger partial charge on any atom is -0.454 e. The number of pyridine rings is 2. The molecule has 6 nitrogen and oxygen atoms in total. The van der Waals surface area contributed by atoms with Crippen LogP contribution >= 0.6 is 15.9 Å². The van der Waals surface area contributed by atoms with Crippen molar-refractivity contribution in [2.24, 2.45) is 0 Å². The first kappa shape index (κ1) is 14.3. The lowest BCUT2D eigenvalue weighted by atomic mass is 10.3. The van der Waals surface area contributed by atoms with Crippen molar-refractivity contribution in [1.29, 1.82) is 0 Å². The maximum atomic E-state index is 11.3. The molecule has 2 N–H and O–H groups in total. The minimum atomic E-state index is -0.344. The first-order chi connectivity index (χ1) is 9.58. The van der Waals surface area contributed by atoms with Crippen LogP contribution in [0.5, 0.6) is 11.5 Å². The van der Waals surface area contributed by atoms with Gasteiger partial charge in [-0.05, 0) is 34.5 Å². The maximum Gasteiger partial charge on any atom is 0.320 e. The molecule has 2 rings (SSSR count). The van der Waals surface area contributed by atoms with Crippen molar-refractivity contribution in [3.05, 3.63) is 40.8 Å². The number of carbonyl (C=O) groups excluding carboxylic acids is 1. The lowest BCUT2D eigenvalue weighted by Crippen LogP contribution is -2.24. The van der Waals surface area contributed by atoms with Crippen LogP contribution in [0, 0.1) is 6.92 Å². The highest BCUT2D eigenvalue weighted by Crippen LogP contribution is 2.30. The molecule has 104 valence electrons. The van der Waals surface area contributed by atoms with Gasteiger partial charge in [-0.1, -0.05) is 0 Å². The van der Waals surface area contributed by atoms with Crippen LogP contribution in [-0.4, -0.2) is 23.0 Å². The number of ether oxygens (including phenoxy) is 1. The largest absolute Gasteiger partial charge is 0.454 e. The molecule has 2 aromatic heterocycles. The van der Waals surface area contributed by atoms with Crippen molar-refractivity contribution < 1.29 is 9.53 Å². The summed E-state index contributed by atoms with van der Waals surface area (Å²) in [4.78, 5) is 19.4. The van der Waals surface area contributed by atoms with Gasteiger partial charge in [0.15, 0.2) is 0 Å². The van der Waals surface area contributed by atoms with Crippen molar-refractivity contribution in [1.82, 2.24) is 15.3 Å². The molecule has 7 heteroatoms. The van der Waals surface area contributed by atoms with Gasteiger partial charge < -0.3 is 10.1 Å². The molecule has 0 aliphatic carbocycles. The quantitative estimate of drug-likeness (QED) is 0.902. The summed E-state index contributed by atoms with van der Waals surface area (Å²) < 4.78 is 6.41. The summed E-state index contributed by atoms with van der Waals surface area (Å²) in [5, 5.41) is 5.03. The van der Waals surface area contributed by atoms with Crippen molar-refractivity contribution in [3.63, 3.8) is 0 Å². The topological polar surface area (TPSA) is 76.1 Å². The number of halogens is 1. The van der Waals surface area contributed by atoms with E-state index in [0.29, 0.717) is 21.8 Å². The Kier molecular flexibility index (Phi) is 4.52. The van der Waals surface area contributed by atoms with Gasteiger partial charge in [0, 0.05) is 25.5 Å². The van der Waals surface area contributed by atoms with Crippen molar-refractivity contribution >= 4 is 27.8 Å². The molecule has 20 heavy (non-hydrogen) atoms. The summed E-state index contributed by atoms with van der Waals surface area (Å²) in [6, 6.07) is 3.15. The number of nitrogens with one attached hydrogen (secondary N) is 2. The van der Waals surface area contributed by atoms with Gasteiger partial charge in [0.1, 0.15) is 17.3 Å². The van der Waals surface area contributed by atoms with Crippen molar-refractivity contribution in [2.75, 3.05) is 12.4 Å². The average Bonchev–Trinajstić information content (AvgIpc) is 2.42. The second kappa shape index (κ2) is 6.33. The molecule has 0 aliphatic rings. The first-order valence-electron chi connectivity index (χ1n) is 5.82. The molecule has 0 aliphatic heterocycles. The summed E-state index contributed by atoms with van der Waals surface area (Å²) in [7, 11) is 1.53. The highest BCUT2D eigenvalue weighted by atomic mass is 79.9. The molecule has 2 amide bonds. The van der Waals surface area contributed by atoms with Crippen LogP contribution in [0.2, 0.25) is 0 Å². The Morgan fingerprint density at radius 2 is 2.10 bits per heavy atom. The summed E-state index contributed by atoms with van der Waals surface area (Å²) in [6.07, 6.45) is 4.92. The van der Waals surface area contributed by atoms with Crippen LogP contribution in [0.15, 0.2) is 35.2 Å². The number of urea groups is 1. The third kappa shape index (κ3) is 3.67. The number of amides is 2. The van der Waals surface area contributed by atoms with Crippen LogP contribution in [0.4, 0.5) is 10.6 Å². The number of carbonyl (C=O) groups is 1. The lowest BCUT2D eigenvalue weighted by Gasteiger charge is -2.10. The average molecular weight is 337 g/mol. The van der Waals surface area contributed by atoms with E-state index in [9.17, 15) is 4.79 Å². The first-order valence-corrected chi connectivity index (χ1v) is 6.61. The Hall–Kier alpha value is -2.15. The third-order valence-corrected chi connectivity index (χ3v) is 2.96. The molecule has 0 spiro atoms. The standard InChI is InChI=1S/C13H13BrN4O2/c1-8-3-9(6-16-5-8)20-11-4-12(17-7-10(11)14)18-13(19)15-2/h3-7H,1-2H3,(H2,15,17,18,19). The smallest absolute Gasteiger partial charge is 0.320 e. The van der Waals surface area contributed by atoms with E-state index in [4.69, 9.17) is 4.74 Å². The number of aryl methyl sites for hydroxylation is 1. The van der Waals surface area contributed by atoms with E-state index in [2.05, 4.69) is 36.5 Å². The van der Waals surface area contributed by atoms with E-state index >= 15 is 0 Å². The minimum absolute atomic E-state index is 0.344. The zero-order valence-corrected chi connectivity index (χ0v) is 12.6. The summed E-state index contributed by atoms with van der Waals surface area (Å²) in [6.45, 7) is 1.93. The monoisotopic (exact) mass is 336 g/mol. The van der Waals surface area contributed by atoms with Gasteiger partial charge in [-0.25, -0.2) is 9.78 Å². The van der Waals surface area contributed by atoms with E-state index in [0.717, 1.165) is 5.56 Å². The van der Waals surface area contributed by atoms with Crippen LogP contribution < -0.4 is 15.4 Å². The van der Waals surface area contributed by atoms with Crippen LogP contribution in [0.25, 0.3) is 0 Å². The summed E-state index contributed by atoms with van der Waals surface area (Å²) >= 11 is 3.35. The fraction of sp³-hybridized carbons (Fsp3) is 0.154. The Bertz CT molecular complexity index is 634. The normalized spacial score (nSPS) is 9.95. The SMILES string of the molecule is CNC(=O)Nc1cc(Oc2cncc(C)c2)c(Br)cn1. The lowest BCUT2D eigenvalue weighted by molar-refractivity contribution is 0.254. The number of hydrogen-bond donors (Lipinski definition) is 2. The molecular weight excluding hydrogens is 324 g/mol. The predicted octanol–water partition coefficient (Wildman–Crippen LogP) is 3.09. The second-order valence-electron chi connectivity index (χ2n) is 4.00. The molecule has 0 saturated heterocycles. The second-order valence-corrected chi connectivity index (χ2v) is 4.86. The van der Waals surface area contributed by atoms with Crippen LogP contribution in [0.1, 0.15) is 5.56 Å². The van der Waals surface area contributed by atoms with Gasteiger partial charge in [-0.2, -0.15) is 0 Å². The number of rotatable bonds is 3. The molecule has 0 radical (unpaired) electrons. The molecule has 2 aromatic rings.